The van der Waals surface area contributed by atoms with Crippen LogP contribution in [-0.2, 0) is 16.1 Å². The number of carbonyl (C=O) groups is 1. The van der Waals surface area contributed by atoms with E-state index in [1.807, 2.05) is 19.1 Å². The molecule has 2 aromatic heterocycles. The Morgan fingerprint density at radius 1 is 1.55 bits per heavy atom. The van der Waals surface area contributed by atoms with Crippen LogP contribution >= 0.6 is 11.6 Å². The number of amides is 1. The predicted molar refractivity (Wildman–Crippen MR) is 81.5 cm³/mol. The molecular formula is C15H17ClN4O2. The van der Waals surface area contributed by atoms with Crippen LogP contribution in [0.2, 0.25) is 5.02 Å². The molecule has 3 rings (SSSR count). The summed E-state index contributed by atoms with van der Waals surface area (Å²) in [4.78, 5) is 18.4. The number of hydrogen-bond acceptors (Lipinski definition) is 4. The lowest BCUT2D eigenvalue weighted by Crippen LogP contribution is -2.43. The largest absolute Gasteiger partial charge is 0.370 e. The second-order valence-corrected chi connectivity index (χ2v) is 5.72. The molecule has 0 saturated carbocycles. The first kappa shape index (κ1) is 15.0. The molecule has 0 aliphatic carbocycles. The molecule has 22 heavy (non-hydrogen) atoms. The highest BCUT2D eigenvalue weighted by Crippen LogP contribution is 2.22. The van der Waals surface area contributed by atoms with Crippen molar-refractivity contribution in [2.75, 3.05) is 19.7 Å². The van der Waals surface area contributed by atoms with Crippen LogP contribution in [0.25, 0.3) is 0 Å². The van der Waals surface area contributed by atoms with E-state index in [0.717, 1.165) is 11.3 Å². The van der Waals surface area contributed by atoms with Gasteiger partial charge in [0.1, 0.15) is 12.6 Å². The van der Waals surface area contributed by atoms with Crippen molar-refractivity contribution in [3.8, 4) is 0 Å². The maximum Gasteiger partial charge on any atom is 0.244 e. The fourth-order valence-corrected chi connectivity index (χ4v) is 2.66. The van der Waals surface area contributed by atoms with Crippen molar-refractivity contribution in [3.05, 3.63) is 47.0 Å². The molecule has 1 atom stereocenters. The second-order valence-electron chi connectivity index (χ2n) is 5.29. The highest BCUT2D eigenvalue weighted by atomic mass is 35.5. The van der Waals surface area contributed by atoms with Crippen molar-refractivity contribution in [1.29, 1.82) is 0 Å². The summed E-state index contributed by atoms with van der Waals surface area (Å²) in [6, 6.07) is 3.92. The van der Waals surface area contributed by atoms with Crippen molar-refractivity contribution < 1.29 is 9.53 Å². The van der Waals surface area contributed by atoms with Crippen LogP contribution in [0.5, 0.6) is 0 Å². The number of halogens is 1. The number of nitrogens with zero attached hydrogens (tertiary/aromatic N) is 4. The number of pyridine rings is 1. The van der Waals surface area contributed by atoms with E-state index in [0.29, 0.717) is 24.7 Å². The maximum absolute atomic E-state index is 12.4. The van der Waals surface area contributed by atoms with Gasteiger partial charge in [0.15, 0.2) is 0 Å². The van der Waals surface area contributed by atoms with Crippen molar-refractivity contribution >= 4 is 17.5 Å². The van der Waals surface area contributed by atoms with Crippen LogP contribution in [0.4, 0.5) is 0 Å². The number of carbonyl (C=O) groups excluding carboxylic acids is 1. The summed E-state index contributed by atoms with van der Waals surface area (Å²) in [7, 11) is 0. The average molecular weight is 321 g/mol. The Balaban J connectivity index is 1.66. The molecule has 0 N–H and O–H groups in total. The number of ether oxygens (including phenoxy) is 1. The number of rotatable bonds is 3. The minimum absolute atomic E-state index is 0.0128. The van der Waals surface area contributed by atoms with Gasteiger partial charge in [0, 0.05) is 24.6 Å². The normalized spacial score (nSPS) is 18.5. The number of morpholine rings is 1. The Hall–Kier alpha value is -1.92. The molecule has 1 aliphatic rings. The van der Waals surface area contributed by atoms with Crippen LogP contribution in [0.15, 0.2) is 30.7 Å². The Bertz CT molecular complexity index is 673. The van der Waals surface area contributed by atoms with E-state index in [9.17, 15) is 4.79 Å². The smallest absolute Gasteiger partial charge is 0.244 e. The third kappa shape index (κ3) is 3.45. The van der Waals surface area contributed by atoms with Gasteiger partial charge in [-0.05, 0) is 24.6 Å². The molecular weight excluding hydrogens is 304 g/mol. The van der Waals surface area contributed by atoms with Crippen LogP contribution in [0, 0.1) is 6.92 Å². The molecule has 0 unspecified atom stereocenters. The van der Waals surface area contributed by atoms with Crippen LogP contribution < -0.4 is 0 Å². The molecule has 1 amide bonds. The lowest BCUT2D eigenvalue weighted by atomic mass is 10.1. The van der Waals surface area contributed by atoms with E-state index in [-0.39, 0.29) is 18.6 Å². The summed E-state index contributed by atoms with van der Waals surface area (Å²) in [5, 5.41) is 4.56. The highest BCUT2D eigenvalue weighted by Gasteiger charge is 2.25. The molecule has 116 valence electrons. The van der Waals surface area contributed by atoms with Gasteiger partial charge in [0.25, 0.3) is 0 Å². The Kier molecular flexibility index (Phi) is 4.40. The highest BCUT2D eigenvalue weighted by molar-refractivity contribution is 6.30. The minimum atomic E-state index is -0.111. The molecule has 0 spiro atoms. The van der Waals surface area contributed by atoms with Crippen molar-refractivity contribution in [2.45, 2.75) is 19.6 Å². The SMILES string of the molecule is Cc1cc([C@H]2CN(C(=O)Cn3cc(Cl)cn3)CCO2)ccn1. The van der Waals surface area contributed by atoms with Gasteiger partial charge in [-0.1, -0.05) is 11.6 Å². The summed E-state index contributed by atoms with van der Waals surface area (Å²) in [6.45, 7) is 3.79. The quantitative estimate of drug-likeness (QED) is 0.866. The first-order valence-corrected chi connectivity index (χ1v) is 7.49. The monoisotopic (exact) mass is 320 g/mol. The lowest BCUT2D eigenvalue weighted by molar-refractivity contribution is -0.139. The summed E-state index contributed by atoms with van der Waals surface area (Å²) >= 11 is 5.81. The predicted octanol–water partition coefficient (Wildman–Crippen LogP) is 1.84. The standard InChI is InChI=1S/C15H17ClN4O2/c1-11-6-12(2-3-17-11)14-9-19(4-5-22-14)15(21)10-20-8-13(16)7-18-20/h2-3,6-8,14H,4-5,9-10H2,1H3/t14-/m1/s1. The molecule has 3 heterocycles. The summed E-state index contributed by atoms with van der Waals surface area (Å²) in [6.07, 6.45) is 4.82. The van der Waals surface area contributed by atoms with E-state index in [1.54, 1.807) is 22.0 Å². The summed E-state index contributed by atoms with van der Waals surface area (Å²) < 4.78 is 7.34. The Labute approximate surface area is 133 Å². The summed E-state index contributed by atoms with van der Waals surface area (Å²) in [5.74, 6) is 0.0128. The zero-order chi connectivity index (χ0) is 15.5. The van der Waals surface area contributed by atoms with Gasteiger partial charge in [-0.2, -0.15) is 5.10 Å². The third-order valence-corrected chi connectivity index (χ3v) is 3.81. The van der Waals surface area contributed by atoms with E-state index in [4.69, 9.17) is 16.3 Å². The molecule has 1 aliphatic heterocycles. The van der Waals surface area contributed by atoms with Gasteiger partial charge in [-0.3, -0.25) is 14.5 Å². The maximum atomic E-state index is 12.4. The molecule has 0 bridgehead atoms. The van der Waals surface area contributed by atoms with Crippen molar-refractivity contribution in [2.24, 2.45) is 0 Å². The molecule has 1 fully saturated rings. The zero-order valence-electron chi connectivity index (χ0n) is 12.3. The number of aromatic nitrogens is 3. The van der Waals surface area contributed by atoms with Gasteiger partial charge in [-0.25, -0.2) is 0 Å². The van der Waals surface area contributed by atoms with Crippen LogP contribution in [0.1, 0.15) is 17.4 Å². The minimum Gasteiger partial charge on any atom is -0.370 e. The molecule has 6 nitrogen and oxygen atoms in total. The first-order valence-electron chi connectivity index (χ1n) is 7.12. The van der Waals surface area contributed by atoms with Gasteiger partial charge >= 0.3 is 0 Å². The Morgan fingerprint density at radius 2 is 2.41 bits per heavy atom. The zero-order valence-corrected chi connectivity index (χ0v) is 13.0. The summed E-state index contributed by atoms with van der Waals surface area (Å²) in [5.41, 5.74) is 1.99. The number of aryl methyl sites for hydroxylation is 1. The van der Waals surface area contributed by atoms with E-state index >= 15 is 0 Å². The number of hydrogen-bond donors (Lipinski definition) is 0. The van der Waals surface area contributed by atoms with E-state index < -0.39 is 0 Å². The fraction of sp³-hybridized carbons (Fsp3) is 0.400. The van der Waals surface area contributed by atoms with Crippen molar-refractivity contribution in [3.63, 3.8) is 0 Å². The molecule has 1 saturated heterocycles. The fourth-order valence-electron chi connectivity index (χ4n) is 2.51. The molecule has 0 radical (unpaired) electrons. The van der Waals surface area contributed by atoms with Gasteiger partial charge in [-0.15, -0.1) is 0 Å². The molecule has 7 heteroatoms. The molecule has 2 aromatic rings. The van der Waals surface area contributed by atoms with Crippen molar-refractivity contribution in [1.82, 2.24) is 19.7 Å². The first-order chi connectivity index (χ1) is 10.6. The van der Waals surface area contributed by atoms with E-state index in [2.05, 4.69) is 10.1 Å². The van der Waals surface area contributed by atoms with E-state index in [1.165, 1.54) is 6.20 Å². The van der Waals surface area contributed by atoms with Gasteiger partial charge in [0.2, 0.25) is 5.91 Å². The topological polar surface area (TPSA) is 60.2 Å². The van der Waals surface area contributed by atoms with Crippen LogP contribution in [-0.4, -0.2) is 45.3 Å². The van der Waals surface area contributed by atoms with Gasteiger partial charge < -0.3 is 9.64 Å². The Morgan fingerprint density at radius 3 is 3.14 bits per heavy atom. The second kappa shape index (κ2) is 6.46. The van der Waals surface area contributed by atoms with Gasteiger partial charge in [0.05, 0.1) is 24.4 Å². The average Bonchev–Trinajstić information content (AvgIpc) is 2.92. The third-order valence-electron chi connectivity index (χ3n) is 3.61. The lowest BCUT2D eigenvalue weighted by Gasteiger charge is -2.33. The molecule has 0 aromatic carbocycles. The van der Waals surface area contributed by atoms with Crippen LogP contribution in [0.3, 0.4) is 0 Å².